The molecule has 0 aliphatic carbocycles. The fourth-order valence-electron chi connectivity index (χ4n) is 4.27. The minimum atomic E-state index is -0.179. The van der Waals surface area contributed by atoms with Gasteiger partial charge in [0.1, 0.15) is 11.3 Å². The first-order valence-electron chi connectivity index (χ1n) is 12.7. The Labute approximate surface area is 220 Å². The van der Waals surface area contributed by atoms with E-state index in [4.69, 9.17) is 18.9 Å². The fourth-order valence-corrected chi connectivity index (χ4v) is 5.27. The minimum Gasteiger partial charge on any atom is -0.494 e. The molecule has 0 saturated heterocycles. The van der Waals surface area contributed by atoms with E-state index in [0.29, 0.717) is 26.1 Å². The highest BCUT2D eigenvalue weighted by molar-refractivity contribution is 7.13. The summed E-state index contributed by atoms with van der Waals surface area (Å²) in [5, 5.41) is 5.23. The number of esters is 1. The molecule has 192 valence electrons. The molecule has 0 amide bonds. The van der Waals surface area contributed by atoms with Crippen molar-refractivity contribution in [2.75, 3.05) is 13.2 Å². The first-order chi connectivity index (χ1) is 17.8. The molecule has 0 fully saturated rings. The van der Waals surface area contributed by atoms with Crippen LogP contribution in [0, 0.1) is 0 Å². The van der Waals surface area contributed by atoms with E-state index >= 15 is 0 Å². The number of ether oxygens (including phenoxy) is 2. The SMILES string of the molecule is CCOC(=O)CCCOc1ccc2c(ccn2Cc2ccc3oc(-c4nc(C(C)(C)C)cs4)cc3c2)c1. The number of hydrogen-bond acceptors (Lipinski definition) is 6. The molecule has 0 aliphatic heterocycles. The lowest BCUT2D eigenvalue weighted by molar-refractivity contribution is -0.143. The Morgan fingerprint density at radius 2 is 1.95 bits per heavy atom. The highest BCUT2D eigenvalue weighted by Gasteiger charge is 2.19. The summed E-state index contributed by atoms with van der Waals surface area (Å²) in [7, 11) is 0. The summed E-state index contributed by atoms with van der Waals surface area (Å²) in [6, 6.07) is 16.6. The summed E-state index contributed by atoms with van der Waals surface area (Å²) in [5.41, 5.74) is 4.31. The summed E-state index contributed by atoms with van der Waals surface area (Å²) < 4.78 is 19.2. The van der Waals surface area contributed by atoms with Gasteiger partial charge in [0.05, 0.1) is 18.9 Å². The second-order valence-electron chi connectivity index (χ2n) is 10.2. The highest BCUT2D eigenvalue weighted by Crippen LogP contribution is 2.33. The zero-order valence-electron chi connectivity index (χ0n) is 21.7. The maximum atomic E-state index is 11.5. The summed E-state index contributed by atoms with van der Waals surface area (Å²) in [4.78, 5) is 16.3. The number of nitrogens with zero attached hydrogens (tertiary/aromatic N) is 2. The molecule has 5 aromatic rings. The molecule has 0 N–H and O–H groups in total. The van der Waals surface area contributed by atoms with E-state index in [-0.39, 0.29) is 11.4 Å². The smallest absolute Gasteiger partial charge is 0.305 e. The molecule has 6 nitrogen and oxygen atoms in total. The monoisotopic (exact) mass is 516 g/mol. The van der Waals surface area contributed by atoms with Gasteiger partial charge in [-0.1, -0.05) is 26.8 Å². The maximum absolute atomic E-state index is 11.5. The quantitative estimate of drug-likeness (QED) is 0.149. The van der Waals surface area contributed by atoms with Gasteiger partial charge in [-0.3, -0.25) is 4.79 Å². The average Bonchev–Trinajstić information content (AvgIpc) is 3.60. The van der Waals surface area contributed by atoms with Crippen molar-refractivity contribution >= 4 is 39.2 Å². The van der Waals surface area contributed by atoms with E-state index in [2.05, 4.69) is 67.2 Å². The lowest BCUT2D eigenvalue weighted by Crippen LogP contribution is -2.11. The lowest BCUT2D eigenvalue weighted by Gasteiger charge is -2.13. The molecular weight excluding hydrogens is 484 g/mol. The largest absolute Gasteiger partial charge is 0.494 e. The van der Waals surface area contributed by atoms with Gasteiger partial charge in [0.25, 0.3) is 0 Å². The molecule has 7 heteroatoms. The molecule has 0 bridgehead atoms. The standard InChI is InChI=1S/C30H32N2O4S/c1-5-34-28(33)7-6-14-35-23-9-10-24-21(16-23)12-13-32(24)18-20-8-11-25-22(15-20)17-26(36-25)29-31-27(19-37-29)30(2,3)4/h8-13,15-17,19H,5-7,14,18H2,1-4H3. The zero-order valence-corrected chi connectivity index (χ0v) is 22.6. The normalized spacial score (nSPS) is 11.9. The number of aromatic nitrogens is 2. The van der Waals surface area contributed by atoms with Gasteiger partial charge in [0.15, 0.2) is 10.8 Å². The number of thiazole rings is 1. The van der Waals surface area contributed by atoms with Gasteiger partial charge in [-0.2, -0.15) is 0 Å². The van der Waals surface area contributed by atoms with E-state index in [1.165, 1.54) is 5.56 Å². The van der Waals surface area contributed by atoms with E-state index in [0.717, 1.165) is 50.6 Å². The lowest BCUT2D eigenvalue weighted by atomic mass is 9.93. The average molecular weight is 517 g/mol. The highest BCUT2D eigenvalue weighted by atomic mass is 32.1. The van der Waals surface area contributed by atoms with Gasteiger partial charge in [-0.25, -0.2) is 4.98 Å². The molecule has 5 rings (SSSR count). The van der Waals surface area contributed by atoms with E-state index in [1.54, 1.807) is 11.3 Å². The second kappa shape index (κ2) is 10.4. The van der Waals surface area contributed by atoms with Gasteiger partial charge >= 0.3 is 5.97 Å². The van der Waals surface area contributed by atoms with Crippen LogP contribution in [0.4, 0.5) is 0 Å². The Morgan fingerprint density at radius 3 is 2.73 bits per heavy atom. The summed E-state index contributed by atoms with van der Waals surface area (Å²) in [6.07, 6.45) is 3.11. The van der Waals surface area contributed by atoms with Crippen molar-refractivity contribution in [3.05, 3.63) is 71.4 Å². The number of furan rings is 1. The van der Waals surface area contributed by atoms with E-state index < -0.39 is 0 Å². The molecule has 0 aliphatic rings. The number of hydrogen-bond donors (Lipinski definition) is 0. The minimum absolute atomic E-state index is 0.0183. The summed E-state index contributed by atoms with van der Waals surface area (Å²) >= 11 is 1.62. The fraction of sp³-hybridized carbons (Fsp3) is 0.333. The van der Waals surface area contributed by atoms with Crippen LogP contribution in [0.25, 0.3) is 32.6 Å². The van der Waals surface area contributed by atoms with Gasteiger partial charge in [0.2, 0.25) is 0 Å². The van der Waals surface area contributed by atoms with Gasteiger partial charge in [-0.15, -0.1) is 11.3 Å². The second-order valence-corrected chi connectivity index (χ2v) is 11.1. The van der Waals surface area contributed by atoms with Crippen molar-refractivity contribution in [1.29, 1.82) is 0 Å². The van der Waals surface area contributed by atoms with Crippen LogP contribution in [-0.4, -0.2) is 28.7 Å². The topological polar surface area (TPSA) is 66.5 Å². The number of benzene rings is 2. The first kappa shape index (κ1) is 25.1. The number of fused-ring (bicyclic) bond motifs is 2. The van der Waals surface area contributed by atoms with Crippen molar-refractivity contribution in [3.63, 3.8) is 0 Å². The number of rotatable bonds is 9. The van der Waals surface area contributed by atoms with Gasteiger partial charge < -0.3 is 18.5 Å². The molecule has 3 aromatic heterocycles. The first-order valence-corrected chi connectivity index (χ1v) is 13.5. The Balaban J connectivity index is 1.27. The van der Waals surface area contributed by atoms with Crippen molar-refractivity contribution in [3.8, 4) is 16.5 Å². The molecular formula is C30H32N2O4S. The molecule has 0 unspecified atom stereocenters. The molecule has 0 radical (unpaired) electrons. The molecule has 2 aromatic carbocycles. The van der Waals surface area contributed by atoms with Crippen LogP contribution in [0.15, 0.2) is 64.5 Å². The van der Waals surface area contributed by atoms with Crippen molar-refractivity contribution in [1.82, 2.24) is 9.55 Å². The van der Waals surface area contributed by atoms with Crippen LogP contribution in [0.3, 0.4) is 0 Å². The predicted molar refractivity (Wildman–Crippen MR) is 148 cm³/mol. The Hall–Kier alpha value is -3.58. The van der Waals surface area contributed by atoms with Crippen LogP contribution in [0.5, 0.6) is 5.75 Å². The third kappa shape index (κ3) is 5.72. The molecule has 37 heavy (non-hydrogen) atoms. The van der Waals surface area contributed by atoms with Crippen LogP contribution >= 0.6 is 11.3 Å². The van der Waals surface area contributed by atoms with E-state index in [9.17, 15) is 4.79 Å². The van der Waals surface area contributed by atoms with Crippen molar-refractivity contribution in [2.45, 2.75) is 52.5 Å². The molecule has 0 atom stereocenters. The van der Waals surface area contributed by atoms with E-state index in [1.807, 2.05) is 25.1 Å². The predicted octanol–water partition coefficient (Wildman–Crippen LogP) is 7.58. The van der Waals surface area contributed by atoms with Crippen LogP contribution in [0.1, 0.15) is 51.8 Å². The number of carbonyl (C=O) groups excluding carboxylic acids is 1. The van der Waals surface area contributed by atoms with Crippen LogP contribution in [0.2, 0.25) is 0 Å². The van der Waals surface area contributed by atoms with Gasteiger partial charge in [0, 0.05) is 46.2 Å². The van der Waals surface area contributed by atoms with Crippen molar-refractivity contribution in [2.24, 2.45) is 0 Å². The summed E-state index contributed by atoms with van der Waals surface area (Å²) in [5.74, 6) is 1.44. The third-order valence-corrected chi connectivity index (χ3v) is 7.12. The molecule has 0 spiro atoms. The maximum Gasteiger partial charge on any atom is 0.305 e. The Kier molecular flexibility index (Phi) is 7.07. The number of carbonyl (C=O) groups is 1. The Morgan fingerprint density at radius 1 is 1.08 bits per heavy atom. The Bertz CT molecular complexity index is 1540. The third-order valence-electron chi connectivity index (χ3n) is 6.26. The van der Waals surface area contributed by atoms with Crippen molar-refractivity contribution < 1.29 is 18.7 Å². The van der Waals surface area contributed by atoms with Gasteiger partial charge in [-0.05, 0) is 61.4 Å². The molecule has 3 heterocycles. The molecule has 0 saturated carbocycles. The zero-order chi connectivity index (χ0) is 26.0. The van der Waals surface area contributed by atoms with Crippen LogP contribution in [-0.2, 0) is 21.5 Å². The van der Waals surface area contributed by atoms with Crippen LogP contribution < -0.4 is 4.74 Å². The summed E-state index contributed by atoms with van der Waals surface area (Å²) in [6.45, 7) is 9.97.